The zero-order valence-corrected chi connectivity index (χ0v) is 12.7. The van der Waals surface area contributed by atoms with Crippen LogP contribution >= 0.6 is 0 Å². The fourth-order valence-corrected chi connectivity index (χ4v) is 1.93. The van der Waals surface area contributed by atoms with E-state index in [1.54, 1.807) is 0 Å². The topological polar surface area (TPSA) is 67.4 Å². The Morgan fingerprint density at radius 2 is 1.67 bits per heavy atom. The summed E-state index contributed by atoms with van der Waals surface area (Å²) in [4.78, 5) is 23.2. The number of rotatable bonds is 8. The summed E-state index contributed by atoms with van der Waals surface area (Å²) in [6.45, 7) is 5.00. The minimum Gasteiger partial charge on any atom is -0.445 e. The standard InChI is InChI=1S/C16H24N2O3/c1-3-14(4-2)15(19)17-10-11-18-16(20)21-12-13-8-6-5-7-9-13/h5-9,14H,3-4,10-12H2,1-2H3,(H,17,19)(H,18,20). The fraction of sp³-hybridized carbons (Fsp3) is 0.500. The Kier molecular flexibility index (Phi) is 7.94. The van der Waals surface area contributed by atoms with Crippen LogP contribution in [-0.4, -0.2) is 25.1 Å². The summed E-state index contributed by atoms with van der Waals surface area (Å²) in [5.41, 5.74) is 0.940. The molecule has 1 aromatic carbocycles. The Hall–Kier alpha value is -2.04. The number of carbonyl (C=O) groups excluding carboxylic acids is 2. The van der Waals surface area contributed by atoms with E-state index in [1.807, 2.05) is 44.2 Å². The fourth-order valence-electron chi connectivity index (χ4n) is 1.93. The molecule has 0 heterocycles. The smallest absolute Gasteiger partial charge is 0.407 e. The number of hydrogen-bond donors (Lipinski definition) is 2. The summed E-state index contributed by atoms with van der Waals surface area (Å²) in [5, 5.41) is 5.41. The molecule has 0 radical (unpaired) electrons. The molecule has 0 aromatic heterocycles. The van der Waals surface area contributed by atoms with Gasteiger partial charge in [-0.05, 0) is 18.4 Å². The molecular formula is C16H24N2O3. The molecule has 2 amide bonds. The molecule has 0 bridgehead atoms. The highest BCUT2D eigenvalue weighted by molar-refractivity contribution is 5.78. The van der Waals surface area contributed by atoms with E-state index >= 15 is 0 Å². The zero-order chi connectivity index (χ0) is 15.5. The maximum Gasteiger partial charge on any atom is 0.407 e. The average Bonchev–Trinajstić information content (AvgIpc) is 2.52. The molecule has 0 spiro atoms. The van der Waals surface area contributed by atoms with Gasteiger partial charge in [-0.2, -0.15) is 0 Å². The molecule has 5 nitrogen and oxygen atoms in total. The maximum absolute atomic E-state index is 11.7. The molecule has 0 fully saturated rings. The SMILES string of the molecule is CCC(CC)C(=O)NCCNC(=O)OCc1ccccc1. The second kappa shape index (κ2) is 9.80. The van der Waals surface area contributed by atoms with Crippen molar-refractivity contribution in [3.8, 4) is 0 Å². The molecule has 0 atom stereocenters. The Bertz CT molecular complexity index is 430. The van der Waals surface area contributed by atoms with E-state index in [1.165, 1.54) is 0 Å². The van der Waals surface area contributed by atoms with Crippen molar-refractivity contribution in [3.63, 3.8) is 0 Å². The number of benzene rings is 1. The van der Waals surface area contributed by atoms with Crippen LogP contribution in [0.1, 0.15) is 32.3 Å². The van der Waals surface area contributed by atoms with E-state index in [0.29, 0.717) is 13.1 Å². The number of amides is 2. The highest BCUT2D eigenvalue weighted by Gasteiger charge is 2.12. The van der Waals surface area contributed by atoms with Gasteiger partial charge in [0.15, 0.2) is 0 Å². The van der Waals surface area contributed by atoms with Gasteiger partial charge in [0.1, 0.15) is 6.61 Å². The highest BCUT2D eigenvalue weighted by atomic mass is 16.5. The van der Waals surface area contributed by atoms with E-state index in [-0.39, 0.29) is 18.4 Å². The molecule has 0 aliphatic rings. The Morgan fingerprint density at radius 1 is 1.05 bits per heavy atom. The van der Waals surface area contributed by atoms with Crippen LogP contribution in [0.2, 0.25) is 0 Å². The Labute approximate surface area is 126 Å². The molecule has 2 N–H and O–H groups in total. The summed E-state index contributed by atoms with van der Waals surface area (Å²) in [5.74, 6) is 0.0921. The van der Waals surface area contributed by atoms with Crippen molar-refractivity contribution in [2.45, 2.75) is 33.3 Å². The van der Waals surface area contributed by atoms with Gasteiger partial charge in [0.25, 0.3) is 0 Å². The first kappa shape index (κ1) is 17.0. The number of alkyl carbamates (subject to hydrolysis) is 1. The zero-order valence-electron chi connectivity index (χ0n) is 12.7. The van der Waals surface area contributed by atoms with Crippen molar-refractivity contribution in [1.82, 2.24) is 10.6 Å². The van der Waals surface area contributed by atoms with Gasteiger partial charge >= 0.3 is 6.09 Å². The normalized spacial score (nSPS) is 10.2. The van der Waals surface area contributed by atoms with Crippen molar-refractivity contribution in [1.29, 1.82) is 0 Å². The van der Waals surface area contributed by atoms with Crippen molar-refractivity contribution < 1.29 is 14.3 Å². The highest BCUT2D eigenvalue weighted by Crippen LogP contribution is 2.06. The predicted molar refractivity (Wildman–Crippen MR) is 81.7 cm³/mol. The van der Waals surface area contributed by atoms with Crippen LogP contribution in [0.4, 0.5) is 4.79 Å². The van der Waals surface area contributed by atoms with Gasteiger partial charge in [0.2, 0.25) is 5.91 Å². The second-order valence-electron chi connectivity index (χ2n) is 4.79. The largest absolute Gasteiger partial charge is 0.445 e. The third kappa shape index (κ3) is 6.79. The van der Waals surface area contributed by atoms with Crippen LogP contribution in [0, 0.1) is 5.92 Å². The van der Waals surface area contributed by atoms with Gasteiger partial charge < -0.3 is 15.4 Å². The maximum atomic E-state index is 11.7. The van der Waals surface area contributed by atoms with Crippen LogP contribution in [0.15, 0.2) is 30.3 Å². The Balaban J connectivity index is 2.12. The third-order valence-electron chi connectivity index (χ3n) is 3.26. The van der Waals surface area contributed by atoms with Crippen LogP contribution in [0.3, 0.4) is 0 Å². The van der Waals surface area contributed by atoms with Crippen LogP contribution in [-0.2, 0) is 16.1 Å². The molecule has 0 unspecified atom stereocenters. The first-order valence-corrected chi connectivity index (χ1v) is 7.39. The van der Waals surface area contributed by atoms with Gasteiger partial charge in [-0.25, -0.2) is 4.79 Å². The third-order valence-corrected chi connectivity index (χ3v) is 3.26. The van der Waals surface area contributed by atoms with Crippen LogP contribution in [0.5, 0.6) is 0 Å². The van der Waals surface area contributed by atoms with Gasteiger partial charge in [-0.3, -0.25) is 4.79 Å². The lowest BCUT2D eigenvalue weighted by atomic mass is 10.0. The lowest BCUT2D eigenvalue weighted by Gasteiger charge is -2.13. The minimum absolute atomic E-state index is 0.0412. The van der Waals surface area contributed by atoms with E-state index in [9.17, 15) is 9.59 Å². The monoisotopic (exact) mass is 292 g/mol. The summed E-state index contributed by atoms with van der Waals surface area (Å²) in [6, 6.07) is 9.48. The van der Waals surface area contributed by atoms with Crippen LogP contribution < -0.4 is 10.6 Å². The lowest BCUT2D eigenvalue weighted by Crippen LogP contribution is -2.37. The van der Waals surface area contributed by atoms with E-state index in [4.69, 9.17) is 4.74 Å². The number of ether oxygens (including phenoxy) is 1. The summed E-state index contributed by atoms with van der Waals surface area (Å²) in [7, 11) is 0. The molecule has 5 heteroatoms. The van der Waals surface area contributed by atoms with Gasteiger partial charge in [-0.15, -0.1) is 0 Å². The van der Waals surface area contributed by atoms with Gasteiger partial charge in [0.05, 0.1) is 0 Å². The first-order chi connectivity index (χ1) is 10.2. The lowest BCUT2D eigenvalue weighted by molar-refractivity contribution is -0.125. The summed E-state index contributed by atoms with van der Waals surface area (Å²) < 4.78 is 5.06. The van der Waals surface area contributed by atoms with E-state index in [0.717, 1.165) is 18.4 Å². The van der Waals surface area contributed by atoms with E-state index < -0.39 is 6.09 Å². The van der Waals surface area contributed by atoms with Crippen LogP contribution in [0.25, 0.3) is 0 Å². The van der Waals surface area contributed by atoms with Gasteiger partial charge in [0, 0.05) is 19.0 Å². The number of hydrogen-bond acceptors (Lipinski definition) is 3. The molecule has 0 aliphatic carbocycles. The summed E-state index contributed by atoms with van der Waals surface area (Å²) >= 11 is 0. The number of carbonyl (C=O) groups is 2. The first-order valence-electron chi connectivity index (χ1n) is 7.39. The van der Waals surface area contributed by atoms with Crippen molar-refractivity contribution in [3.05, 3.63) is 35.9 Å². The molecular weight excluding hydrogens is 268 g/mol. The van der Waals surface area contributed by atoms with Crippen molar-refractivity contribution in [2.24, 2.45) is 5.92 Å². The number of nitrogens with one attached hydrogen (secondary N) is 2. The average molecular weight is 292 g/mol. The molecule has 116 valence electrons. The van der Waals surface area contributed by atoms with Gasteiger partial charge in [-0.1, -0.05) is 44.2 Å². The second-order valence-corrected chi connectivity index (χ2v) is 4.79. The minimum atomic E-state index is -0.476. The van der Waals surface area contributed by atoms with E-state index in [2.05, 4.69) is 10.6 Å². The molecule has 21 heavy (non-hydrogen) atoms. The molecule has 1 rings (SSSR count). The molecule has 0 saturated carbocycles. The quantitative estimate of drug-likeness (QED) is 0.723. The molecule has 0 aliphatic heterocycles. The molecule has 0 saturated heterocycles. The summed E-state index contributed by atoms with van der Waals surface area (Å²) in [6.07, 6.45) is 1.18. The Morgan fingerprint density at radius 3 is 2.29 bits per heavy atom. The van der Waals surface area contributed by atoms with Crippen molar-refractivity contribution >= 4 is 12.0 Å². The van der Waals surface area contributed by atoms with Crippen molar-refractivity contribution in [2.75, 3.05) is 13.1 Å². The predicted octanol–water partition coefficient (Wildman–Crippen LogP) is 2.47. The molecule has 1 aromatic rings.